The van der Waals surface area contributed by atoms with E-state index in [0.29, 0.717) is 0 Å². The van der Waals surface area contributed by atoms with Gasteiger partial charge in [-0.15, -0.1) is 0 Å². The Labute approximate surface area is 124 Å². The second-order valence-electron chi connectivity index (χ2n) is 5.41. The van der Waals surface area contributed by atoms with Gasteiger partial charge >= 0.3 is 5.97 Å². The number of carbonyl (C=O) groups is 1. The molecule has 1 N–H and O–H groups in total. The minimum Gasteiger partial charge on any atom is -0.480 e. The van der Waals surface area contributed by atoms with Gasteiger partial charge in [0.1, 0.15) is 15.9 Å². The highest BCUT2D eigenvalue weighted by Gasteiger charge is 2.47. The Morgan fingerprint density at radius 2 is 1.86 bits per heavy atom. The number of methoxy groups -OCH3 is 1. The maximum absolute atomic E-state index is 12.6. The number of carboxylic acid groups (broad SMARTS) is 1. The first-order valence-electron chi connectivity index (χ1n) is 6.64. The normalized spacial score (nSPS) is 31.3. The zero-order chi connectivity index (χ0) is 15.8. The SMILES string of the molecule is COC1CC(C(=O)O)N(S(=O)(=O)C2CCS(=O)(=O)CC2)C1. The average molecular weight is 341 g/mol. The van der Waals surface area contributed by atoms with Crippen LogP contribution in [0.1, 0.15) is 19.3 Å². The van der Waals surface area contributed by atoms with Gasteiger partial charge in [-0.1, -0.05) is 0 Å². The first-order chi connectivity index (χ1) is 9.67. The molecule has 2 saturated heterocycles. The van der Waals surface area contributed by atoms with Gasteiger partial charge in [-0.2, -0.15) is 4.31 Å². The summed E-state index contributed by atoms with van der Waals surface area (Å²) in [5, 5.41) is 8.35. The molecule has 10 heteroatoms. The van der Waals surface area contributed by atoms with Gasteiger partial charge in [0.2, 0.25) is 10.0 Å². The van der Waals surface area contributed by atoms with Gasteiger partial charge in [-0.05, 0) is 12.8 Å². The van der Waals surface area contributed by atoms with Crippen molar-refractivity contribution in [1.29, 1.82) is 0 Å². The Kier molecular flexibility index (Phi) is 4.62. The molecule has 2 heterocycles. The molecule has 2 aliphatic heterocycles. The second kappa shape index (κ2) is 5.82. The second-order valence-corrected chi connectivity index (χ2v) is 9.88. The van der Waals surface area contributed by atoms with Crippen molar-refractivity contribution in [1.82, 2.24) is 4.31 Å². The van der Waals surface area contributed by atoms with Gasteiger partial charge in [0.15, 0.2) is 0 Å². The summed E-state index contributed by atoms with van der Waals surface area (Å²) >= 11 is 0. The van der Waals surface area contributed by atoms with Crippen LogP contribution in [-0.2, 0) is 29.4 Å². The predicted molar refractivity (Wildman–Crippen MR) is 74.1 cm³/mol. The fraction of sp³-hybridized carbons (Fsp3) is 0.909. The zero-order valence-electron chi connectivity index (χ0n) is 11.6. The van der Waals surface area contributed by atoms with E-state index in [1.165, 1.54) is 7.11 Å². The van der Waals surface area contributed by atoms with E-state index in [1.807, 2.05) is 0 Å². The average Bonchev–Trinajstić information content (AvgIpc) is 2.83. The molecule has 2 aliphatic rings. The van der Waals surface area contributed by atoms with Crippen LogP contribution in [0.4, 0.5) is 0 Å². The van der Waals surface area contributed by atoms with Crippen molar-refractivity contribution < 1.29 is 31.5 Å². The quantitative estimate of drug-likeness (QED) is 0.701. The topological polar surface area (TPSA) is 118 Å². The molecule has 0 amide bonds. The summed E-state index contributed by atoms with van der Waals surface area (Å²) in [5.74, 6) is -1.55. The molecule has 2 fully saturated rings. The highest BCUT2D eigenvalue weighted by atomic mass is 32.2. The van der Waals surface area contributed by atoms with Crippen molar-refractivity contribution >= 4 is 25.8 Å². The Morgan fingerprint density at radius 3 is 2.33 bits per heavy atom. The van der Waals surface area contributed by atoms with Crippen molar-refractivity contribution in [3.8, 4) is 0 Å². The molecule has 0 aliphatic carbocycles. The van der Waals surface area contributed by atoms with E-state index >= 15 is 0 Å². The van der Waals surface area contributed by atoms with Gasteiger partial charge < -0.3 is 9.84 Å². The van der Waals surface area contributed by atoms with Crippen molar-refractivity contribution in [3.05, 3.63) is 0 Å². The number of rotatable bonds is 4. The number of ether oxygens (including phenoxy) is 1. The highest BCUT2D eigenvalue weighted by Crippen LogP contribution is 2.29. The molecule has 8 nitrogen and oxygen atoms in total. The molecule has 2 unspecified atom stereocenters. The van der Waals surface area contributed by atoms with Crippen LogP contribution >= 0.6 is 0 Å². The molecule has 0 saturated carbocycles. The largest absolute Gasteiger partial charge is 0.480 e. The molecule has 122 valence electrons. The lowest BCUT2D eigenvalue weighted by Crippen LogP contribution is -2.47. The predicted octanol–water partition coefficient (Wildman–Crippen LogP) is -0.933. The van der Waals surface area contributed by atoms with Crippen molar-refractivity contribution in [2.24, 2.45) is 0 Å². The number of sulfone groups is 1. The summed E-state index contributed by atoms with van der Waals surface area (Å²) < 4.78 is 54.0. The molecule has 0 spiro atoms. The van der Waals surface area contributed by atoms with E-state index in [2.05, 4.69) is 0 Å². The summed E-state index contributed by atoms with van der Waals surface area (Å²) in [6.07, 6.45) is -0.306. The first kappa shape index (κ1) is 16.7. The molecule has 2 rings (SSSR count). The van der Waals surface area contributed by atoms with Crippen molar-refractivity contribution in [2.75, 3.05) is 25.2 Å². The fourth-order valence-corrected chi connectivity index (χ4v) is 6.71. The smallest absolute Gasteiger partial charge is 0.322 e. The molecule has 0 bridgehead atoms. The number of sulfonamides is 1. The molecule has 0 aromatic carbocycles. The number of hydrogen-bond acceptors (Lipinski definition) is 6. The number of carboxylic acids is 1. The zero-order valence-corrected chi connectivity index (χ0v) is 13.3. The van der Waals surface area contributed by atoms with Gasteiger partial charge in [0.05, 0.1) is 22.9 Å². The van der Waals surface area contributed by atoms with E-state index in [0.717, 1.165) is 4.31 Å². The third kappa shape index (κ3) is 3.38. The number of aliphatic carboxylic acids is 1. The fourth-order valence-electron chi connectivity index (χ4n) is 2.80. The minimum absolute atomic E-state index is 0.000942. The number of nitrogens with zero attached hydrogens (tertiary/aromatic N) is 1. The number of hydrogen-bond donors (Lipinski definition) is 1. The summed E-state index contributed by atoms with van der Waals surface area (Å²) in [7, 11) is -5.60. The van der Waals surface area contributed by atoms with Gasteiger partial charge in [-0.3, -0.25) is 4.79 Å². The monoisotopic (exact) mass is 341 g/mol. The van der Waals surface area contributed by atoms with Gasteiger partial charge in [-0.25, -0.2) is 16.8 Å². The lowest BCUT2D eigenvalue weighted by molar-refractivity contribution is -0.140. The summed E-state index contributed by atoms with van der Waals surface area (Å²) in [5.41, 5.74) is 0. The Hall–Kier alpha value is -0.710. The van der Waals surface area contributed by atoms with E-state index < -0.39 is 43.2 Å². The maximum Gasteiger partial charge on any atom is 0.322 e. The van der Waals surface area contributed by atoms with Crippen LogP contribution in [0.2, 0.25) is 0 Å². The molecule has 0 aromatic rings. The molecule has 2 atom stereocenters. The van der Waals surface area contributed by atoms with E-state index in [-0.39, 0.29) is 37.3 Å². The Balaban J connectivity index is 2.20. The van der Waals surface area contributed by atoms with Crippen LogP contribution in [0.3, 0.4) is 0 Å². The van der Waals surface area contributed by atoms with E-state index in [4.69, 9.17) is 4.74 Å². The van der Waals surface area contributed by atoms with Crippen LogP contribution in [-0.4, -0.2) is 74.8 Å². The Bertz CT molecular complexity index is 598. The van der Waals surface area contributed by atoms with Crippen LogP contribution in [0.5, 0.6) is 0 Å². The summed E-state index contributed by atoms with van der Waals surface area (Å²) in [6, 6.07) is -1.14. The van der Waals surface area contributed by atoms with Crippen LogP contribution in [0, 0.1) is 0 Å². The summed E-state index contributed by atoms with van der Waals surface area (Å²) in [4.78, 5) is 11.2. The molecule has 0 aromatic heterocycles. The van der Waals surface area contributed by atoms with Crippen LogP contribution in [0.25, 0.3) is 0 Å². The van der Waals surface area contributed by atoms with Crippen LogP contribution in [0.15, 0.2) is 0 Å². The Morgan fingerprint density at radius 1 is 1.29 bits per heavy atom. The third-order valence-corrected chi connectivity index (χ3v) is 8.17. The molecule has 21 heavy (non-hydrogen) atoms. The van der Waals surface area contributed by atoms with Crippen molar-refractivity contribution in [2.45, 2.75) is 36.7 Å². The molecular weight excluding hydrogens is 322 g/mol. The van der Waals surface area contributed by atoms with E-state index in [9.17, 15) is 26.7 Å². The standard InChI is InChI=1S/C11H19NO7S2/c1-19-8-6-10(11(13)14)12(7-8)21(17,18)9-2-4-20(15,16)5-3-9/h8-10H,2-7H2,1H3,(H,13,14). The molecule has 0 radical (unpaired) electrons. The van der Waals surface area contributed by atoms with Gasteiger partial charge in [0.25, 0.3) is 0 Å². The van der Waals surface area contributed by atoms with Crippen molar-refractivity contribution in [3.63, 3.8) is 0 Å². The highest BCUT2D eigenvalue weighted by molar-refractivity contribution is 7.92. The summed E-state index contributed by atoms with van der Waals surface area (Å²) in [6.45, 7) is -0.000942. The maximum atomic E-state index is 12.6. The first-order valence-corrected chi connectivity index (χ1v) is 9.96. The van der Waals surface area contributed by atoms with Crippen LogP contribution < -0.4 is 0 Å². The third-order valence-electron chi connectivity index (χ3n) is 4.09. The lowest BCUT2D eigenvalue weighted by atomic mass is 10.2. The minimum atomic E-state index is -3.84. The molecular formula is C11H19NO7S2. The van der Waals surface area contributed by atoms with Gasteiger partial charge in [0, 0.05) is 20.1 Å². The lowest BCUT2D eigenvalue weighted by Gasteiger charge is -2.29. The van der Waals surface area contributed by atoms with E-state index in [1.54, 1.807) is 0 Å².